The number of nitrogens with zero attached hydrogens (tertiary/aromatic N) is 2. The average molecular weight is 498 g/mol. The Hall–Kier alpha value is -2.57. The molecule has 7 nitrogen and oxygen atoms in total. The SMILES string of the molecule is CCCCN1C(=O)CCC(C(=O)N2CCCC(C(=O)NC3CCCCC3)C2)C1c1ccccc1OC. The Labute approximate surface area is 215 Å². The Morgan fingerprint density at radius 3 is 2.58 bits per heavy atom. The molecule has 0 radical (unpaired) electrons. The van der Waals surface area contributed by atoms with Crippen molar-refractivity contribution in [1.82, 2.24) is 15.1 Å². The van der Waals surface area contributed by atoms with Crippen LogP contribution in [0.5, 0.6) is 5.75 Å². The van der Waals surface area contributed by atoms with Gasteiger partial charge in [-0.3, -0.25) is 14.4 Å². The molecule has 1 aromatic carbocycles. The van der Waals surface area contributed by atoms with Crippen molar-refractivity contribution < 1.29 is 19.1 Å². The summed E-state index contributed by atoms with van der Waals surface area (Å²) in [4.78, 5) is 44.0. The smallest absolute Gasteiger partial charge is 0.228 e. The number of unbranched alkanes of at least 4 members (excludes halogenated alkanes) is 1. The van der Waals surface area contributed by atoms with Gasteiger partial charge < -0.3 is 19.9 Å². The third kappa shape index (κ3) is 6.04. The van der Waals surface area contributed by atoms with Gasteiger partial charge in [-0.2, -0.15) is 0 Å². The van der Waals surface area contributed by atoms with E-state index in [1.165, 1.54) is 19.3 Å². The minimum Gasteiger partial charge on any atom is -0.496 e. The Balaban J connectivity index is 1.53. The molecule has 1 aromatic rings. The molecule has 3 unspecified atom stereocenters. The van der Waals surface area contributed by atoms with Crippen LogP contribution in [0.4, 0.5) is 0 Å². The summed E-state index contributed by atoms with van der Waals surface area (Å²) in [6.07, 6.45) is 10.2. The van der Waals surface area contributed by atoms with Crippen LogP contribution in [-0.2, 0) is 14.4 Å². The van der Waals surface area contributed by atoms with Crippen molar-refractivity contribution >= 4 is 17.7 Å². The zero-order chi connectivity index (χ0) is 25.5. The number of hydrogen-bond acceptors (Lipinski definition) is 4. The first kappa shape index (κ1) is 26.5. The van der Waals surface area contributed by atoms with E-state index in [2.05, 4.69) is 12.2 Å². The van der Waals surface area contributed by atoms with Crippen LogP contribution < -0.4 is 10.1 Å². The summed E-state index contributed by atoms with van der Waals surface area (Å²) in [6, 6.07) is 7.68. The molecule has 0 spiro atoms. The first-order valence-electron chi connectivity index (χ1n) is 14.0. The monoisotopic (exact) mass is 497 g/mol. The molecular weight excluding hydrogens is 454 g/mol. The maximum atomic E-state index is 14.0. The minimum absolute atomic E-state index is 0.0649. The van der Waals surface area contributed by atoms with E-state index in [-0.39, 0.29) is 41.6 Å². The van der Waals surface area contributed by atoms with E-state index in [0.29, 0.717) is 38.2 Å². The van der Waals surface area contributed by atoms with Crippen LogP contribution in [0, 0.1) is 11.8 Å². The number of carbonyl (C=O) groups excluding carboxylic acids is 3. The molecule has 0 bridgehead atoms. The van der Waals surface area contributed by atoms with Crippen molar-refractivity contribution in [3.63, 3.8) is 0 Å². The summed E-state index contributed by atoms with van der Waals surface area (Å²) in [6.45, 7) is 3.88. The first-order chi connectivity index (χ1) is 17.5. The van der Waals surface area contributed by atoms with Crippen molar-refractivity contribution in [2.45, 2.75) is 89.6 Å². The summed E-state index contributed by atoms with van der Waals surface area (Å²) >= 11 is 0. The average Bonchev–Trinajstić information content (AvgIpc) is 2.92. The minimum atomic E-state index is -0.349. The molecule has 2 aliphatic heterocycles. The van der Waals surface area contributed by atoms with E-state index >= 15 is 0 Å². The van der Waals surface area contributed by atoms with Crippen LogP contribution in [0.1, 0.15) is 89.2 Å². The molecule has 1 N–H and O–H groups in total. The van der Waals surface area contributed by atoms with Gasteiger partial charge in [0.2, 0.25) is 17.7 Å². The molecule has 4 rings (SSSR count). The van der Waals surface area contributed by atoms with Crippen molar-refractivity contribution in [2.75, 3.05) is 26.7 Å². The molecule has 3 atom stereocenters. The maximum Gasteiger partial charge on any atom is 0.228 e. The maximum absolute atomic E-state index is 14.0. The first-order valence-corrected chi connectivity index (χ1v) is 14.0. The van der Waals surface area contributed by atoms with Crippen molar-refractivity contribution in [2.24, 2.45) is 11.8 Å². The number of methoxy groups -OCH3 is 1. The van der Waals surface area contributed by atoms with E-state index in [1.54, 1.807) is 7.11 Å². The lowest BCUT2D eigenvalue weighted by Gasteiger charge is -2.44. The number of nitrogens with one attached hydrogen (secondary N) is 1. The zero-order valence-electron chi connectivity index (χ0n) is 22.0. The standard InChI is InChI=1S/C29H43N3O4/c1-3-4-19-32-26(33)17-16-24(27(32)23-14-8-9-15-25(23)36-2)29(35)31-18-10-11-21(20-31)28(34)30-22-12-6-5-7-13-22/h8-9,14-15,21-22,24,27H,3-7,10-13,16-20H2,1-2H3,(H,30,34). The van der Waals surface area contributed by atoms with Crippen LogP contribution in [0.15, 0.2) is 24.3 Å². The fourth-order valence-electron chi connectivity index (χ4n) is 6.29. The van der Waals surface area contributed by atoms with Gasteiger partial charge in [0.1, 0.15) is 5.75 Å². The van der Waals surface area contributed by atoms with Crippen molar-refractivity contribution in [3.8, 4) is 5.75 Å². The van der Waals surface area contributed by atoms with Gasteiger partial charge in [0.25, 0.3) is 0 Å². The van der Waals surface area contributed by atoms with E-state index in [9.17, 15) is 14.4 Å². The quantitative estimate of drug-likeness (QED) is 0.575. The number of rotatable bonds is 8. The fourth-order valence-corrected chi connectivity index (χ4v) is 6.29. The van der Waals surface area contributed by atoms with Gasteiger partial charge in [-0.25, -0.2) is 0 Å². The van der Waals surface area contributed by atoms with Gasteiger partial charge in [0.05, 0.1) is 25.0 Å². The van der Waals surface area contributed by atoms with Gasteiger partial charge in [-0.1, -0.05) is 50.8 Å². The summed E-state index contributed by atoms with van der Waals surface area (Å²) in [5.41, 5.74) is 0.895. The lowest BCUT2D eigenvalue weighted by Crippen LogP contribution is -2.53. The number of benzene rings is 1. The molecule has 1 aliphatic carbocycles. The molecule has 1 saturated carbocycles. The molecule has 3 amide bonds. The Morgan fingerprint density at radius 2 is 1.83 bits per heavy atom. The van der Waals surface area contributed by atoms with Crippen LogP contribution in [0.3, 0.4) is 0 Å². The molecule has 36 heavy (non-hydrogen) atoms. The van der Waals surface area contributed by atoms with Crippen molar-refractivity contribution in [1.29, 1.82) is 0 Å². The van der Waals surface area contributed by atoms with Crippen LogP contribution >= 0.6 is 0 Å². The predicted octanol–water partition coefficient (Wildman–Crippen LogP) is 4.46. The Bertz CT molecular complexity index is 914. The van der Waals surface area contributed by atoms with Gasteiger partial charge >= 0.3 is 0 Å². The number of piperidine rings is 2. The van der Waals surface area contributed by atoms with Crippen molar-refractivity contribution in [3.05, 3.63) is 29.8 Å². The highest BCUT2D eigenvalue weighted by Gasteiger charge is 2.44. The highest BCUT2D eigenvalue weighted by atomic mass is 16.5. The zero-order valence-corrected chi connectivity index (χ0v) is 22.0. The topological polar surface area (TPSA) is 79.0 Å². The third-order valence-electron chi connectivity index (χ3n) is 8.29. The molecule has 198 valence electrons. The Kier molecular flexibility index (Phi) is 9.27. The number of hydrogen-bond donors (Lipinski definition) is 1. The molecule has 2 heterocycles. The van der Waals surface area contributed by atoms with E-state index in [1.807, 2.05) is 34.1 Å². The molecule has 3 fully saturated rings. The summed E-state index contributed by atoms with van der Waals surface area (Å²) in [5, 5.41) is 3.27. The Morgan fingerprint density at radius 1 is 1.06 bits per heavy atom. The third-order valence-corrected chi connectivity index (χ3v) is 8.29. The summed E-state index contributed by atoms with van der Waals surface area (Å²) < 4.78 is 5.67. The number of amides is 3. The second-order valence-corrected chi connectivity index (χ2v) is 10.7. The second kappa shape index (κ2) is 12.6. The van der Waals surface area contributed by atoms with Crippen LogP contribution in [0.25, 0.3) is 0 Å². The van der Waals surface area contributed by atoms with E-state index in [4.69, 9.17) is 4.74 Å². The van der Waals surface area contributed by atoms with Gasteiger partial charge in [0.15, 0.2) is 0 Å². The summed E-state index contributed by atoms with van der Waals surface area (Å²) in [5.74, 6) is 0.484. The van der Waals surface area contributed by atoms with Gasteiger partial charge in [-0.05, 0) is 44.6 Å². The molecule has 3 aliphatic rings. The number of likely N-dealkylation sites (tertiary alicyclic amines) is 2. The lowest BCUT2D eigenvalue weighted by molar-refractivity contribution is -0.149. The van der Waals surface area contributed by atoms with E-state index < -0.39 is 0 Å². The fraction of sp³-hybridized carbons (Fsp3) is 0.690. The molecule has 2 saturated heterocycles. The highest BCUT2D eigenvalue weighted by Crippen LogP contribution is 2.42. The number of ether oxygens (including phenoxy) is 1. The lowest BCUT2D eigenvalue weighted by atomic mass is 9.82. The molecule has 0 aromatic heterocycles. The highest BCUT2D eigenvalue weighted by molar-refractivity contribution is 5.86. The van der Waals surface area contributed by atoms with Gasteiger partial charge in [0, 0.05) is 37.7 Å². The second-order valence-electron chi connectivity index (χ2n) is 10.7. The molecule has 7 heteroatoms. The van der Waals surface area contributed by atoms with Crippen LogP contribution in [0.2, 0.25) is 0 Å². The number of para-hydroxylation sites is 1. The normalized spacial score (nSPS) is 25.5. The largest absolute Gasteiger partial charge is 0.496 e. The molecular formula is C29H43N3O4. The predicted molar refractivity (Wildman–Crippen MR) is 139 cm³/mol. The van der Waals surface area contributed by atoms with Crippen LogP contribution in [-0.4, -0.2) is 60.3 Å². The summed E-state index contributed by atoms with van der Waals surface area (Å²) in [7, 11) is 1.64. The van der Waals surface area contributed by atoms with Gasteiger partial charge in [-0.15, -0.1) is 0 Å². The van der Waals surface area contributed by atoms with E-state index in [0.717, 1.165) is 44.1 Å². The number of carbonyl (C=O) groups is 3.